The molecule has 1 N–H and O–H groups in total. The quantitative estimate of drug-likeness (QED) is 0.854. The van der Waals surface area contributed by atoms with Crippen LogP contribution in [0.4, 0.5) is 5.69 Å². The van der Waals surface area contributed by atoms with Crippen molar-refractivity contribution in [1.29, 1.82) is 0 Å². The van der Waals surface area contributed by atoms with Crippen molar-refractivity contribution in [3.05, 3.63) is 63.8 Å². The lowest BCUT2D eigenvalue weighted by molar-refractivity contribution is 0.647. The Morgan fingerprint density at radius 3 is 3.00 bits per heavy atom. The van der Waals surface area contributed by atoms with Gasteiger partial charge in [0, 0.05) is 12.4 Å². The molecule has 104 valence electrons. The normalized spacial score (nSPS) is 11.9. The average molecular weight is 335 g/mol. The highest BCUT2D eigenvalue weighted by Gasteiger charge is 2.11. The molecule has 1 unspecified atom stereocenters. The summed E-state index contributed by atoms with van der Waals surface area (Å²) in [4.78, 5) is 16.1. The topological polar surface area (TPSA) is 59.8 Å². The first-order chi connectivity index (χ1) is 9.63. The standard InChI is InChI=1S/C14H15BrN4O/c1-3-7-19-14(20)13(15)12(9-17-19)18-10(2)11-5-4-6-16-8-11/h3-6,8-10,18H,1,7H2,2H3. The second kappa shape index (κ2) is 6.47. The minimum Gasteiger partial charge on any atom is -0.376 e. The summed E-state index contributed by atoms with van der Waals surface area (Å²) in [5, 5.41) is 7.35. The first-order valence-corrected chi connectivity index (χ1v) is 6.95. The van der Waals surface area contributed by atoms with E-state index in [9.17, 15) is 4.79 Å². The van der Waals surface area contributed by atoms with Crippen LogP contribution in [-0.4, -0.2) is 14.8 Å². The molecule has 0 spiro atoms. The maximum absolute atomic E-state index is 12.1. The zero-order chi connectivity index (χ0) is 14.5. The molecule has 0 aliphatic heterocycles. The predicted molar refractivity (Wildman–Crippen MR) is 82.7 cm³/mol. The monoisotopic (exact) mass is 334 g/mol. The molecule has 0 aliphatic carbocycles. The van der Waals surface area contributed by atoms with Crippen molar-refractivity contribution in [1.82, 2.24) is 14.8 Å². The van der Waals surface area contributed by atoms with Gasteiger partial charge in [-0.15, -0.1) is 6.58 Å². The van der Waals surface area contributed by atoms with E-state index in [0.717, 1.165) is 5.56 Å². The van der Waals surface area contributed by atoms with Crippen LogP contribution in [0.2, 0.25) is 0 Å². The molecule has 2 heterocycles. The van der Waals surface area contributed by atoms with E-state index in [1.165, 1.54) is 4.68 Å². The van der Waals surface area contributed by atoms with E-state index in [2.05, 4.69) is 37.9 Å². The number of allylic oxidation sites excluding steroid dienone is 1. The molecule has 0 aliphatic rings. The summed E-state index contributed by atoms with van der Waals surface area (Å²) in [6, 6.07) is 3.88. The SMILES string of the molecule is C=CCn1ncc(NC(C)c2cccnc2)c(Br)c1=O. The molecule has 0 saturated heterocycles. The van der Waals surface area contributed by atoms with Crippen LogP contribution in [0.3, 0.4) is 0 Å². The Balaban J connectivity index is 2.24. The summed E-state index contributed by atoms with van der Waals surface area (Å²) >= 11 is 3.32. The molecule has 0 bridgehead atoms. The van der Waals surface area contributed by atoms with Crippen LogP contribution >= 0.6 is 15.9 Å². The number of nitrogens with one attached hydrogen (secondary N) is 1. The van der Waals surface area contributed by atoms with E-state index >= 15 is 0 Å². The number of anilines is 1. The number of pyridine rings is 1. The average Bonchev–Trinajstić information content (AvgIpc) is 2.48. The van der Waals surface area contributed by atoms with Gasteiger partial charge in [-0.2, -0.15) is 5.10 Å². The second-order valence-electron chi connectivity index (χ2n) is 4.30. The summed E-state index contributed by atoms with van der Waals surface area (Å²) in [6.07, 6.45) is 6.77. The highest BCUT2D eigenvalue weighted by molar-refractivity contribution is 9.10. The van der Waals surface area contributed by atoms with Crippen molar-refractivity contribution >= 4 is 21.6 Å². The number of halogens is 1. The van der Waals surface area contributed by atoms with E-state index in [4.69, 9.17) is 0 Å². The summed E-state index contributed by atoms with van der Waals surface area (Å²) in [7, 11) is 0. The van der Waals surface area contributed by atoms with Crippen molar-refractivity contribution in [2.24, 2.45) is 0 Å². The smallest absolute Gasteiger partial charge is 0.283 e. The van der Waals surface area contributed by atoms with Gasteiger partial charge in [-0.3, -0.25) is 9.78 Å². The molecule has 0 amide bonds. The fraction of sp³-hybridized carbons (Fsp3) is 0.214. The maximum atomic E-state index is 12.1. The molecular weight excluding hydrogens is 320 g/mol. The highest BCUT2D eigenvalue weighted by atomic mass is 79.9. The molecule has 5 nitrogen and oxygen atoms in total. The Hall–Kier alpha value is -1.95. The minimum atomic E-state index is -0.187. The Bertz CT molecular complexity index is 654. The van der Waals surface area contributed by atoms with Crippen LogP contribution in [0.5, 0.6) is 0 Å². The van der Waals surface area contributed by atoms with Gasteiger partial charge < -0.3 is 5.32 Å². The summed E-state index contributed by atoms with van der Waals surface area (Å²) < 4.78 is 1.81. The zero-order valence-corrected chi connectivity index (χ0v) is 12.7. The lowest BCUT2D eigenvalue weighted by Gasteiger charge is -2.16. The third-order valence-corrected chi connectivity index (χ3v) is 3.61. The van der Waals surface area contributed by atoms with Crippen molar-refractivity contribution < 1.29 is 0 Å². The first kappa shape index (κ1) is 14.5. The maximum Gasteiger partial charge on any atom is 0.283 e. The number of aromatic nitrogens is 3. The van der Waals surface area contributed by atoms with Crippen LogP contribution < -0.4 is 10.9 Å². The summed E-state index contributed by atoms with van der Waals surface area (Å²) in [5.41, 5.74) is 1.51. The molecule has 0 saturated carbocycles. The first-order valence-electron chi connectivity index (χ1n) is 6.16. The molecule has 2 aromatic heterocycles. The molecule has 0 aromatic carbocycles. The van der Waals surface area contributed by atoms with Crippen molar-refractivity contribution in [2.75, 3.05) is 5.32 Å². The van der Waals surface area contributed by atoms with Gasteiger partial charge in [-0.05, 0) is 34.5 Å². The molecule has 2 aromatic rings. The van der Waals surface area contributed by atoms with Gasteiger partial charge in [0.15, 0.2) is 0 Å². The van der Waals surface area contributed by atoms with Crippen molar-refractivity contribution in [3.63, 3.8) is 0 Å². The van der Waals surface area contributed by atoms with Crippen LogP contribution in [0.1, 0.15) is 18.5 Å². The largest absolute Gasteiger partial charge is 0.376 e. The number of hydrogen-bond donors (Lipinski definition) is 1. The number of nitrogens with zero attached hydrogens (tertiary/aromatic N) is 3. The Morgan fingerprint density at radius 2 is 2.35 bits per heavy atom. The third kappa shape index (κ3) is 3.14. The van der Waals surface area contributed by atoms with Crippen molar-refractivity contribution in [3.8, 4) is 0 Å². The second-order valence-corrected chi connectivity index (χ2v) is 5.09. The van der Waals surface area contributed by atoms with Crippen LogP contribution in [0.15, 0.2) is 52.6 Å². The van der Waals surface area contributed by atoms with Gasteiger partial charge in [0.1, 0.15) is 4.47 Å². The van der Waals surface area contributed by atoms with E-state index < -0.39 is 0 Å². The molecular formula is C14H15BrN4O. The Kier molecular flexibility index (Phi) is 4.68. The van der Waals surface area contributed by atoms with Gasteiger partial charge in [0.05, 0.1) is 24.5 Å². The molecule has 20 heavy (non-hydrogen) atoms. The van der Waals surface area contributed by atoms with Crippen LogP contribution in [0.25, 0.3) is 0 Å². The van der Waals surface area contributed by atoms with Gasteiger partial charge in [-0.1, -0.05) is 12.1 Å². The zero-order valence-electron chi connectivity index (χ0n) is 11.1. The van der Waals surface area contributed by atoms with Crippen LogP contribution in [0, 0.1) is 0 Å². The molecule has 6 heteroatoms. The lowest BCUT2D eigenvalue weighted by atomic mass is 10.1. The predicted octanol–water partition coefficient (Wildman–Crippen LogP) is 2.76. The summed E-state index contributed by atoms with van der Waals surface area (Å²) in [6.45, 7) is 5.98. The van der Waals surface area contributed by atoms with Crippen LogP contribution in [-0.2, 0) is 6.54 Å². The number of hydrogen-bond acceptors (Lipinski definition) is 4. The molecule has 1 atom stereocenters. The lowest BCUT2D eigenvalue weighted by Crippen LogP contribution is -2.24. The molecule has 0 fully saturated rings. The Morgan fingerprint density at radius 1 is 1.55 bits per heavy atom. The fourth-order valence-electron chi connectivity index (χ4n) is 1.77. The Labute approximate surface area is 125 Å². The molecule has 2 rings (SSSR count). The van der Waals surface area contributed by atoms with Gasteiger partial charge in [-0.25, -0.2) is 4.68 Å². The van der Waals surface area contributed by atoms with E-state index in [1.807, 2.05) is 19.1 Å². The van der Waals surface area contributed by atoms with Gasteiger partial charge in [0.25, 0.3) is 5.56 Å². The molecule has 0 radical (unpaired) electrons. The van der Waals surface area contributed by atoms with Gasteiger partial charge >= 0.3 is 0 Å². The minimum absolute atomic E-state index is 0.0245. The number of rotatable bonds is 5. The van der Waals surface area contributed by atoms with E-state index in [0.29, 0.717) is 16.7 Å². The fourth-order valence-corrected chi connectivity index (χ4v) is 2.19. The summed E-state index contributed by atoms with van der Waals surface area (Å²) in [5.74, 6) is 0. The third-order valence-electron chi connectivity index (χ3n) is 2.84. The highest BCUT2D eigenvalue weighted by Crippen LogP contribution is 2.22. The van der Waals surface area contributed by atoms with Crippen molar-refractivity contribution in [2.45, 2.75) is 19.5 Å². The van der Waals surface area contributed by atoms with Gasteiger partial charge in [0.2, 0.25) is 0 Å². The van der Waals surface area contributed by atoms with E-state index in [1.54, 1.807) is 24.7 Å². The van der Waals surface area contributed by atoms with E-state index in [-0.39, 0.29) is 11.6 Å².